The minimum atomic E-state index is -0.735. The van der Waals surface area contributed by atoms with Crippen molar-refractivity contribution >= 4 is 5.78 Å². The highest BCUT2D eigenvalue weighted by Gasteiger charge is 2.20. The number of hydrogen-bond acceptors (Lipinski definition) is 1. The average molecular weight is 266 g/mol. The molecular weight excluding hydrogens is 246 g/mol. The Bertz CT molecular complexity index is 460. The van der Waals surface area contributed by atoms with Gasteiger partial charge in [0.1, 0.15) is 11.6 Å². The topological polar surface area (TPSA) is 17.1 Å². The standard InChI is InChI=1S/C16H20F2O/c1-11-8-13(15(18)10-14(11)17)16(19)9-12-6-4-2-3-5-7-12/h8,10,12H,2-7,9H2,1H3. The molecule has 1 saturated carbocycles. The molecule has 0 amide bonds. The van der Waals surface area contributed by atoms with Crippen LogP contribution in [0.25, 0.3) is 0 Å². The zero-order chi connectivity index (χ0) is 13.8. The molecule has 0 aliphatic heterocycles. The van der Waals surface area contributed by atoms with E-state index in [1.54, 1.807) is 6.92 Å². The van der Waals surface area contributed by atoms with Crippen molar-refractivity contribution in [2.75, 3.05) is 0 Å². The second-order valence-electron chi connectivity index (χ2n) is 5.57. The van der Waals surface area contributed by atoms with Crippen LogP contribution < -0.4 is 0 Å². The van der Waals surface area contributed by atoms with E-state index in [9.17, 15) is 13.6 Å². The van der Waals surface area contributed by atoms with Crippen molar-refractivity contribution in [3.63, 3.8) is 0 Å². The quantitative estimate of drug-likeness (QED) is 0.566. The number of Topliss-reactive ketones (excluding diaryl/α,β-unsaturated/α-hetero) is 1. The van der Waals surface area contributed by atoms with Gasteiger partial charge in [-0.1, -0.05) is 38.5 Å². The fraction of sp³-hybridized carbons (Fsp3) is 0.562. The number of halogens is 2. The van der Waals surface area contributed by atoms with Gasteiger partial charge in [-0.2, -0.15) is 0 Å². The smallest absolute Gasteiger partial charge is 0.166 e. The molecule has 1 aromatic carbocycles. The first-order valence-electron chi connectivity index (χ1n) is 7.07. The number of hydrogen-bond donors (Lipinski definition) is 0. The molecule has 2 rings (SSSR count). The third-order valence-corrected chi connectivity index (χ3v) is 4.00. The Balaban J connectivity index is 2.08. The van der Waals surface area contributed by atoms with E-state index in [-0.39, 0.29) is 11.3 Å². The molecule has 0 unspecified atom stereocenters. The first kappa shape index (κ1) is 14.2. The molecule has 104 valence electrons. The lowest BCUT2D eigenvalue weighted by atomic mass is 9.91. The maximum absolute atomic E-state index is 13.7. The van der Waals surface area contributed by atoms with Gasteiger partial charge < -0.3 is 0 Å². The van der Waals surface area contributed by atoms with Crippen molar-refractivity contribution in [3.8, 4) is 0 Å². The third kappa shape index (κ3) is 3.62. The van der Waals surface area contributed by atoms with Gasteiger partial charge in [-0.25, -0.2) is 8.78 Å². The van der Waals surface area contributed by atoms with E-state index in [1.807, 2.05) is 0 Å². The fourth-order valence-electron chi connectivity index (χ4n) is 2.81. The van der Waals surface area contributed by atoms with Gasteiger partial charge in [0.05, 0.1) is 5.56 Å². The number of ketones is 1. The zero-order valence-corrected chi connectivity index (χ0v) is 11.3. The Labute approximate surface area is 113 Å². The summed E-state index contributed by atoms with van der Waals surface area (Å²) in [4.78, 5) is 12.1. The Morgan fingerprint density at radius 2 is 1.74 bits per heavy atom. The first-order chi connectivity index (χ1) is 9.08. The van der Waals surface area contributed by atoms with Crippen LogP contribution in [0.2, 0.25) is 0 Å². The average Bonchev–Trinajstić information content (AvgIpc) is 2.62. The Hall–Kier alpha value is -1.25. The summed E-state index contributed by atoms with van der Waals surface area (Å²) in [5.41, 5.74) is 0.369. The van der Waals surface area contributed by atoms with Crippen molar-refractivity contribution in [1.82, 2.24) is 0 Å². The molecule has 1 aliphatic rings. The SMILES string of the molecule is Cc1cc(C(=O)CC2CCCCCC2)c(F)cc1F. The van der Waals surface area contributed by atoms with Gasteiger partial charge in [0.25, 0.3) is 0 Å². The summed E-state index contributed by atoms with van der Waals surface area (Å²) in [5, 5.41) is 0. The molecule has 19 heavy (non-hydrogen) atoms. The van der Waals surface area contributed by atoms with Gasteiger partial charge in [-0.05, 0) is 24.5 Å². The molecule has 1 aliphatic carbocycles. The number of aryl methyl sites for hydroxylation is 1. The summed E-state index contributed by atoms with van der Waals surface area (Å²) in [6.45, 7) is 1.55. The van der Waals surface area contributed by atoms with Crippen molar-refractivity contribution in [2.24, 2.45) is 5.92 Å². The van der Waals surface area contributed by atoms with Crippen molar-refractivity contribution < 1.29 is 13.6 Å². The number of carbonyl (C=O) groups excluding carboxylic acids is 1. The lowest BCUT2D eigenvalue weighted by molar-refractivity contribution is 0.0953. The van der Waals surface area contributed by atoms with Crippen LogP contribution >= 0.6 is 0 Å². The molecule has 0 spiro atoms. The van der Waals surface area contributed by atoms with E-state index >= 15 is 0 Å². The molecule has 0 saturated heterocycles. The maximum atomic E-state index is 13.7. The van der Waals surface area contributed by atoms with Gasteiger partial charge in [-0.3, -0.25) is 4.79 Å². The van der Waals surface area contributed by atoms with Gasteiger partial charge in [0, 0.05) is 12.5 Å². The summed E-state index contributed by atoms with van der Waals surface area (Å²) >= 11 is 0. The lowest BCUT2D eigenvalue weighted by Gasteiger charge is -2.13. The molecule has 0 atom stereocenters. The van der Waals surface area contributed by atoms with Crippen LogP contribution in [0.3, 0.4) is 0 Å². The van der Waals surface area contributed by atoms with E-state index in [0.29, 0.717) is 17.9 Å². The Kier molecular flexibility index (Phi) is 4.67. The molecular formula is C16H20F2O. The molecule has 0 radical (unpaired) electrons. The molecule has 0 heterocycles. The summed E-state index contributed by atoms with van der Waals surface area (Å²) in [7, 11) is 0. The maximum Gasteiger partial charge on any atom is 0.166 e. The highest BCUT2D eigenvalue weighted by molar-refractivity contribution is 5.96. The summed E-state index contributed by atoms with van der Waals surface area (Å²) < 4.78 is 26.8. The van der Waals surface area contributed by atoms with E-state index in [4.69, 9.17) is 0 Å². The van der Waals surface area contributed by atoms with Crippen molar-refractivity contribution in [3.05, 3.63) is 34.9 Å². The Morgan fingerprint density at radius 1 is 1.11 bits per heavy atom. The largest absolute Gasteiger partial charge is 0.294 e. The molecule has 0 bridgehead atoms. The van der Waals surface area contributed by atoms with Gasteiger partial charge in [0.15, 0.2) is 5.78 Å². The molecule has 3 heteroatoms. The van der Waals surface area contributed by atoms with Crippen LogP contribution in [0, 0.1) is 24.5 Å². The minimum absolute atomic E-state index is 0.0446. The summed E-state index contributed by atoms with van der Waals surface area (Å²) in [5.74, 6) is -1.16. The van der Waals surface area contributed by atoms with Crippen LogP contribution in [0.1, 0.15) is 60.9 Å². The normalized spacial score (nSPS) is 17.2. The number of carbonyl (C=O) groups is 1. The summed E-state index contributed by atoms with van der Waals surface area (Å²) in [6, 6.07) is 2.15. The predicted octanol–water partition coefficient (Wildman–Crippen LogP) is 4.82. The molecule has 0 N–H and O–H groups in total. The zero-order valence-electron chi connectivity index (χ0n) is 11.3. The molecule has 1 nitrogen and oxygen atoms in total. The van der Waals surface area contributed by atoms with Crippen LogP contribution in [0.5, 0.6) is 0 Å². The summed E-state index contributed by atoms with van der Waals surface area (Å²) in [6.07, 6.45) is 7.26. The van der Waals surface area contributed by atoms with Crippen LogP contribution in [-0.2, 0) is 0 Å². The van der Waals surface area contributed by atoms with E-state index in [2.05, 4.69) is 0 Å². The fourth-order valence-corrected chi connectivity index (χ4v) is 2.81. The lowest BCUT2D eigenvalue weighted by Crippen LogP contribution is -2.10. The highest BCUT2D eigenvalue weighted by atomic mass is 19.1. The van der Waals surface area contributed by atoms with Crippen LogP contribution in [0.15, 0.2) is 12.1 Å². The highest BCUT2D eigenvalue weighted by Crippen LogP contribution is 2.27. The first-order valence-corrected chi connectivity index (χ1v) is 7.07. The molecule has 0 aromatic heterocycles. The van der Waals surface area contributed by atoms with Gasteiger partial charge in [-0.15, -0.1) is 0 Å². The predicted molar refractivity (Wildman–Crippen MR) is 71.2 cm³/mol. The van der Waals surface area contributed by atoms with Crippen LogP contribution in [0.4, 0.5) is 8.78 Å². The van der Waals surface area contributed by atoms with Crippen molar-refractivity contribution in [1.29, 1.82) is 0 Å². The van der Waals surface area contributed by atoms with Crippen LogP contribution in [-0.4, -0.2) is 5.78 Å². The second-order valence-corrected chi connectivity index (χ2v) is 5.57. The molecule has 1 aromatic rings. The monoisotopic (exact) mass is 266 g/mol. The second kappa shape index (κ2) is 6.27. The third-order valence-electron chi connectivity index (χ3n) is 4.00. The number of rotatable bonds is 3. The molecule has 1 fully saturated rings. The van der Waals surface area contributed by atoms with E-state index in [1.165, 1.54) is 18.9 Å². The van der Waals surface area contributed by atoms with Gasteiger partial charge >= 0.3 is 0 Å². The Morgan fingerprint density at radius 3 is 2.37 bits per heavy atom. The number of benzene rings is 1. The van der Waals surface area contributed by atoms with Crippen molar-refractivity contribution in [2.45, 2.75) is 51.9 Å². The van der Waals surface area contributed by atoms with E-state index in [0.717, 1.165) is 31.7 Å². The van der Waals surface area contributed by atoms with Gasteiger partial charge in [0.2, 0.25) is 0 Å². The van der Waals surface area contributed by atoms with E-state index < -0.39 is 11.6 Å². The minimum Gasteiger partial charge on any atom is -0.294 e.